The Labute approximate surface area is 200 Å². The third-order valence-corrected chi connectivity index (χ3v) is 6.93. The maximum atomic E-state index is 12.7. The van der Waals surface area contributed by atoms with Crippen LogP contribution in [0.25, 0.3) is 11.4 Å². The maximum Gasteiger partial charge on any atom is 0.233 e. The lowest BCUT2D eigenvalue weighted by atomic mass is 10.1. The van der Waals surface area contributed by atoms with Gasteiger partial charge in [0.05, 0.1) is 10.8 Å². The van der Waals surface area contributed by atoms with Crippen molar-refractivity contribution in [3.05, 3.63) is 53.1 Å². The van der Waals surface area contributed by atoms with Crippen molar-refractivity contribution in [3.63, 3.8) is 0 Å². The average Bonchev–Trinajstić information content (AvgIpc) is 3.44. The quantitative estimate of drug-likeness (QED) is 0.419. The van der Waals surface area contributed by atoms with Crippen LogP contribution in [0.5, 0.6) is 11.5 Å². The molecular weight excluding hydrogens is 464 g/mol. The smallest absolute Gasteiger partial charge is 0.233 e. The molecule has 0 bridgehead atoms. The Bertz CT molecular complexity index is 1160. The van der Waals surface area contributed by atoms with Gasteiger partial charge in [-0.2, -0.15) is 0 Å². The summed E-state index contributed by atoms with van der Waals surface area (Å²) in [4.78, 5) is 17.0. The van der Waals surface area contributed by atoms with Gasteiger partial charge >= 0.3 is 0 Å². The van der Waals surface area contributed by atoms with E-state index in [2.05, 4.69) is 21.2 Å². The lowest BCUT2D eigenvalue weighted by Crippen LogP contribution is -2.48. The summed E-state index contributed by atoms with van der Waals surface area (Å²) >= 11 is 7.51. The Morgan fingerprint density at radius 3 is 2.67 bits per heavy atom. The number of ether oxygens (including phenoxy) is 2. The average molecular weight is 487 g/mol. The summed E-state index contributed by atoms with van der Waals surface area (Å²) in [5.74, 6) is 8.52. The van der Waals surface area contributed by atoms with Gasteiger partial charge in [0.15, 0.2) is 17.3 Å². The van der Waals surface area contributed by atoms with E-state index >= 15 is 0 Å². The van der Waals surface area contributed by atoms with Crippen LogP contribution < -0.4 is 15.3 Å². The number of thioether (sulfide) groups is 1. The topological polar surface area (TPSA) is 98.7 Å². The first kappa shape index (κ1) is 21.9. The first-order valence-electron chi connectivity index (χ1n) is 10.6. The van der Waals surface area contributed by atoms with Crippen molar-refractivity contribution in [2.24, 2.45) is 0 Å². The molecule has 1 aromatic heterocycles. The third-order valence-electron chi connectivity index (χ3n) is 5.67. The van der Waals surface area contributed by atoms with Gasteiger partial charge in [-0.25, -0.2) is 4.68 Å². The summed E-state index contributed by atoms with van der Waals surface area (Å²) in [5.41, 5.74) is 1.87. The summed E-state index contributed by atoms with van der Waals surface area (Å²) in [5, 5.41) is 9.29. The summed E-state index contributed by atoms with van der Waals surface area (Å²) in [6, 6.07) is 13.3. The molecule has 3 heterocycles. The molecule has 11 heteroatoms. The van der Waals surface area contributed by atoms with Crippen LogP contribution >= 0.6 is 23.4 Å². The predicted molar refractivity (Wildman–Crippen MR) is 126 cm³/mol. The van der Waals surface area contributed by atoms with Gasteiger partial charge in [0, 0.05) is 38.3 Å². The lowest BCUT2D eigenvalue weighted by molar-refractivity contribution is -0.130. The highest BCUT2D eigenvalue weighted by Gasteiger charge is 2.23. The van der Waals surface area contributed by atoms with Gasteiger partial charge in [-0.05, 0) is 29.8 Å². The second kappa shape index (κ2) is 9.50. The molecule has 33 heavy (non-hydrogen) atoms. The van der Waals surface area contributed by atoms with Crippen molar-refractivity contribution in [1.82, 2.24) is 24.7 Å². The van der Waals surface area contributed by atoms with Crippen LogP contribution in [0.1, 0.15) is 5.56 Å². The Morgan fingerprint density at radius 2 is 1.85 bits per heavy atom. The van der Waals surface area contributed by atoms with Crippen molar-refractivity contribution < 1.29 is 14.3 Å². The first-order valence-corrected chi connectivity index (χ1v) is 11.9. The number of fused-ring (bicyclic) bond motifs is 1. The van der Waals surface area contributed by atoms with Gasteiger partial charge in [0.25, 0.3) is 0 Å². The first-order chi connectivity index (χ1) is 16.1. The van der Waals surface area contributed by atoms with E-state index in [-0.39, 0.29) is 18.5 Å². The van der Waals surface area contributed by atoms with E-state index in [0.29, 0.717) is 34.7 Å². The van der Waals surface area contributed by atoms with Crippen molar-refractivity contribution >= 4 is 29.3 Å². The SMILES string of the molecule is Nn1c(SCC(=O)N2CCN(Cc3ccc4c(c3)OCO4)CC2)nnc1-c1ccccc1Cl. The predicted octanol–water partition coefficient (Wildman–Crippen LogP) is 2.48. The van der Waals surface area contributed by atoms with Crippen LogP contribution in [0.15, 0.2) is 47.6 Å². The van der Waals surface area contributed by atoms with Gasteiger partial charge < -0.3 is 20.2 Å². The van der Waals surface area contributed by atoms with Crippen molar-refractivity contribution in [1.29, 1.82) is 0 Å². The van der Waals surface area contributed by atoms with Crippen LogP contribution in [-0.2, 0) is 11.3 Å². The molecule has 1 amide bonds. The fraction of sp³-hybridized carbons (Fsp3) is 0.318. The zero-order valence-electron chi connectivity index (χ0n) is 17.8. The van der Waals surface area contributed by atoms with Gasteiger partial charge in [0.1, 0.15) is 0 Å². The van der Waals surface area contributed by atoms with E-state index in [4.69, 9.17) is 26.9 Å². The van der Waals surface area contributed by atoms with E-state index in [1.165, 1.54) is 22.0 Å². The van der Waals surface area contributed by atoms with E-state index in [0.717, 1.165) is 31.1 Å². The number of aromatic nitrogens is 3. The van der Waals surface area contributed by atoms with Gasteiger partial charge in [0.2, 0.25) is 17.9 Å². The molecule has 172 valence electrons. The molecule has 5 rings (SSSR count). The second-order valence-corrected chi connectivity index (χ2v) is 9.14. The molecule has 0 atom stereocenters. The molecule has 2 aliphatic rings. The highest BCUT2D eigenvalue weighted by molar-refractivity contribution is 7.99. The number of nitrogen functional groups attached to an aromatic ring is 1. The van der Waals surface area contributed by atoms with E-state index in [1.807, 2.05) is 35.2 Å². The summed E-state index contributed by atoms with van der Waals surface area (Å²) < 4.78 is 12.2. The second-order valence-electron chi connectivity index (χ2n) is 7.79. The molecule has 0 spiro atoms. The zero-order valence-corrected chi connectivity index (χ0v) is 19.4. The Morgan fingerprint density at radius 1 is 1.06 bits per heavy atom. The van der Waals surface area contributed by atoms with Crippen LogP contribution in [-0.4, -0.2) is 69.3 Å². The van der Waals surface area contributed by atoms with Crippen LogP contribution in [0.3, 0.4) is 0 Å². The minimum atomic E-state index is 0.0602. The molecule has 2 aromatic carbocycles. The van der Waals surface area contributed by atoms with E-state index in [1.54, 1.807) is 6.07 Å². The molecule has 0 unspecified atom stereocenters. The number of amides is 1. The van der Waals surface area contributed by atoms with E-state index < -0.39 is 0 Å². The molecule has 0 aliphatic carbocycles. The number of carbonyl (C=O) groups is 1. The molecule has 2 aliphatic heterocycles. The Balaban J connectivity index is 1.12. The standard InChI is InChI=1S/C22H23ClN6O3S/c23-17-4-2-1-3-16(17)21-25-26-22(29(21)24)33-13-20(30)28-9-7-27(8-10-28)12-15-5-6-18-19(11-15)32-14-31-18/h1-6,11H,7-10,12-14,24H2. The fourth-order valence-corrected chi connectivity index (χ4v) is 4.85. The number of benzene rings is 2. The number of piperazine rings is 1. The van der Waals surface area contributed by atoms with Gasteiger partial charge in [-0.3, -0.25) is 9.69 Å². The van der Waals surface area contributed by atoms with Crippen molar-refractivity contribution in [2.75, 3.05) is 44.6 Å². The van der Waals surface area contributed by atoms with Crippen LogP contribution in [0.2, 0.25) is 5.02 Å². The fourth-order valence-electron chi connectivity index (χ4n) is 3.87. The van der Waals surface area contributed by atoms with Gasteiger partial charge in [-0.15, -0.1) is 10.2 Å². The lowest BCUT2D eigenvalue weighted by Gasteiger charge is -2.34. The molecule has 1 fully saturated rings. The van der Waals surface area contributed by atoms with Crippen molar-refractivity contribution in [2.45, 2.75) is 11.7 Å². The highest BCUT2D eigenvalue weighted by Crippen LogP contribution is 2.33. The van der Waals surface area contributed by atoms with E-state index in [9.17, 15) is 4.79 Å². The van der Waals surface area contributed by atoms with Gasteiger partial charge in [-0.1, -0.05) is 41.6 Å². The minimum Gasteiger partial charge on any atom is -0.454 e. The van der Waals surface area contributed by atoms with Crippen molar-refractivity contribution in [3.8, 4) is 22.9 Å². The number of carbonyl (C=O) groups excluding carboxylic acids is 1. The third kappa shape index (κ3) is 4.73. The summed E-state index contributed by atoms with van der Waals surface area (Å²) in [6.45, 7) is 4.09. The molecule has 9 nitrogen and oxygen atoms in total. The van der Waals surface area contributed by atoms with Crippen LogP contribution in [0, 0.1) is 0 Å². The summed E-state index contributed by atoms with van der Waals surface area (Å²) in [7, 11) is 0. The minimum absolute atomic E-state index is 0.0602. The largest absolute Gasteiger partial charge is 0.454 e. The Kier molecular flexibility index (Phi) is 6.30. The van der Waals surface area contributed by atoms with Crippen LogP contribution in [0.4, 0.5) is 0 Å². The number of rotatable bonds is 6. The summed E-state index contributed by atoms with van der Waals surface area (Å²) in [6.07, 6.45) is 0. The number of hydrogen-bond donors (Lipinski definition) is 1. The maximum absolute atomic E-state index is 12.7. The highest BCUT2D eigenvalue weighted by atomic mass is 35.5. The molecule has 2 N–H and O–H groups in total. The number of halogens is 1. The number of nitrogens with zero attached hydrogens (tertiary/aromatic N) is 5. The zero-order chi connectivity index (χ0) is 22.8. The number of nitrogens with two attached hydrogens (primary N) is 1. The monoisotopic (exact) mass is 486 g/mol. The normalized spacial score (nSPS) is 15.7. The number of hydrogen-bond acceptors (Lipinski definition) is 8. The molecule has 0 saturated carbocycles. The Hall–Kier alpha value is -2.95. The molecule has 0 radical (unpaired) electrons. The molecular formula is C22H23ClN6O3S. The molecule has 3 aromatic rings. The molecule has 1 saturated heterocycles.